The Labute approximate surface area is 82.4 Å². The Morgan fingerprint density at radius 2 is 2.00 bits per heavy atom. The zero-order valence-electron chi connectivity index (χ0n) is 8.29. The fourth-order valence-electron chi connectivity index (χ4n) is 1.01. The molecule has 0 aromatic heterocycles. The van der Waals surface area contributed by atoms with Crippen LogP contribution >= 0.6 is 0 Å². The third-order valence-electron chi connectivity index (χ3n) is 1.73. The molecular formula is C10H11O4. The van der Waals surface area contributed by atoms with Crippen molar-refractivity contribution < 1.29 is 19.0 Å². The Morgan fingerprint density at radius 1 is 1.29 bits per heavy atom. The number of carbonyl (C=O) groups is 1. The molecule has 0 fully saturated rings. The summed E-state index contributed by atoms with van der Waals surface area (Å²) in [4.78, 5) is 11.2. The molecule has 0 bridgehead atoms. The number of ether oxygens (including phenoxy) is 3. The van der Waals surface area contributed by atoms with Crippen LogP contribution in [0.25, 0.3) is 0 Å². The van der Waals surface area contributed by atoms with Crippen LogP contribution in [0.5, 0.6) is 11.5 Å². The van der Waals surface area contributed by atoms with Gasteiger partial charge in [0.1, 0.15) is 17.1 Å². The normalized spacial score (nSPS) is 9.36. The van der Waals surface area contributed by atoms with Gasteiger partial charge >= 0.3 is 5.97 Å². The number of hydrogen-bond acceptors (Lipinski definition) is 4. The van der Waals surface area contributed by atoms with Gasteiger partial charge in [-0.2, -0.15) is 0 Å². The van der Waals surface area contributed by atoms with Crippen LogP contribution in [0.4, 0.5) is 0 Å². The fourth-order valence-corrected chi connectivity index (χ4v) is 1.01. The van der Waals surface area contributed by atoms with Gasteiger partial charge in [0.2, 0.25) is 0 Å². The standard InChI is InChI=1S/C10H11O4/c1-12-7-4-5-8(10(11)14-3)9(6-7)13-2/h5-6H,1-3H3. The van der Waals surface area contributed by atoms with Crippen molar-refractivity contribution in [3.05, 3.63) is 23.8 Å². The maximum absolute atomic E-state index is 11.2. The Balaban J connectivity index is 3.11. The lowest BCUT2D eigenvalue weighted by atomic mass is 10.2. The van der Waals surface area contributed by atoms with Crippen molar-refractivity contribution in [3.8, 4) is 11.5 Å². The summed E-state index contributed by atoms with van der Waals surface area (Å²) in [6, 6.07) is 5.82. The van der Waals surface area contributed by atoms with E-state index < -0.39 is 5.97 Å². The molecule has 0 N–H and O–H groups in total. The zero-order chi connectivity index (χ0) is 10.6. The van der Waals surface area contributed by atoms with Crippen LogP contribution < -0.4 is 9.47 Å². The smallest absolute Gasteiger partial charge is 0.341 e. The maximum atomic E-state index is 11.2. The molecule has 1 aromatic rings. The van der Waals surface area contributed by atoms with Crippen molar-refractivity contribution >= 4 is 5.97 Å². The summed E-state index contributed by atoms with van der Waals surface area (Å²) < 4.78 is 14.5. The first-order valence-electron chi connectivity index (χ1n) is 3.95. The molecule has 0 aliphatic rings. The molecule has 0 amide bonds. The van der Waals surface area contributed by atoms with E-state index in [-0.39, 0.29) is 0 Å². The van der Waals surface area contributed by atoms with Gasteiger partial charge in [-0.15, -0.1) is 0 Å². The average molecular weight is 195 g/mol. The van der Waals surface area contributed by atoms with Gasteiger partial charge in [0.05, 0.1) is 21.3 Å². The SMILES string of the molecule is COC(=O)c1c[c]c(OC)cc1OC. The van der Waals surface area contributed by atoms with Gasteiger partial charge in [-0.25, -0.2) is 4.79 Å². The summed E-state index contributed by atoms with van der Waals surface area (Å²) in [5.41, 5.74) is 0.329. The molecule has 0 heterocycles. The van der Waals surface area contributed by atoms with E-state index >= 15 is 0 Å². The van der Waals surface area contributed by atoms with Gasteiger partial charge in [0.25, 0.3) is 0 Å². The van der Waals surface area contributed by atoms with E-state index in [4.69, 9.17) is 9.47 Å². The lowest BCUT2D eigenvalue weighted by Gasteiger charge is -2.07. The highest BCUT2D eigenvalue weighted by Gasteiger charge is 2.13. The van der Waals surface area contributed by atoms with Crippen molar-refractivity contribution in [2.75, 3.05) is 21.3 Å². The van der Waals surface area contributed by atoms with Gasteiger partial charge < -0.3 is 14.2 Å². The molecule has 0 saturated heterocycles. The second-order valence-electron chi connectivity index (χ2n) is 2.48. The predicted molar refractivity (Wildman–Crippen MR) is 49.7 cm³/mol. The first kappa shape index (κ1) is 10.4. The third-order valence-corrected chi connectivity index (χ3v) is 1.73. The van der Waals surface area contributed by atoms with E-state index in [1.807, 2.05) is 0 Å². The van der Waals surface area contributed by atoms with Gasteiger partial charge in [-0.1, -0.05) is 0 Å². The third kappa shape index (κ3) is 1.96. The zero-order valence-corrected chi connectivity index (χ0v) is 8.29. The van der Waals surface area contributed by atoms with Crippen LogP contribution in [-0.4, -0.2) is 27.3 Å². The molecule has 0 spiro atoms. The molecule has 0 aliphatic heterocycles. The molecule has 0 unspecified atom stereocenters. The first-order chi connectivity index (χ1) is 6.72. The summed E-state index contributed by atoms with van der Waals surface area (Å²) in [6.45, 7) is 0. The molecule has 1 radical (unpaired) electrons. The summed E-state index contributed by atoms with van der Waals surface area (Å²) in [5.74, 6) is 0.461. The van der Waals surface area contributed by atoms with E-state index in [0.29, 0.717) is 17.1 Å². The lowest BCUT2D eigenvalue weighted by Crippen LogP contribution is -2.04. The molecule has 4 nitrogen and oxygen atoms in total. The van der Waals surface area contributed by atoms with Crippen molar-refractivity contribution in [2.24, 2.45) is 0 Å². The second-order valence-corrected chi connectivity index (χ2v) is 2.48. The molecule has 0 atom stereocenters. The van der Waals surface area contributed by atoms with Gasteiger partial charge in [-0.05, 0) is 6.07 Å². The minimum atomic E-state index is -0.458. The molecule has 1 rings (SSSR count). The Hall–Kier alpha value is -1.71. The predicted octanol–water partition coefficient (Wildman–Crippen LogP) is 1.29. The first-order valence-corrected chi connectivity index (χ1v) is 3.95. The van der Waals surface area contributed by atoms with Gasteiger partial charge in [-0.3, -0.25) is 0 Å². The second kappa shape index (κ2) is 4.50. The fraction of sp³-hybridized carbons (Fsp3) is 0.300. The minimum absolute atomic E-state index is 0.329. The Bertz CT molecular complexity index is 333. The van der Waals surface area contributed by atoms with Gasteiger partial charge in [0, 0.05) is 12.1 Å². The van der Waals surface area contributed by atoms with Crippen molar-refractivity contribution in [1.29, 1.82) is 0 Å². The monoisotopic (exact) mass is 195 g/mol. The molecule has 0 aliphatic carbocycles. The van der Waals surface area contributed by atoms with Crippen LogP contribution in [0.15, 0.2) is 12.1 Å². The average Bonchev–Trinajstić information content (AvgIpc) is 2.27. The topological polar surface area (TPSA) is 44.8 Å². The van der Waals surface area contributed by atoms with Crippen molar-refractivity contribution in [2.45, 2.75) is 0 Å². The number of esters is 1. The molecule has 4 heteroatoms. The van der Waals surface area contributed by atoms with Crippen LogP contribution in [0.3, 0.4) is 0 Å². The van der Waals surface area contributed by atoms with E-state index in [0.717, 1.165) is 0 Å². The van der Waals surface area contributed by atoms with Crippen molar-refractivity contribution in [3.63, 3.8) is 0 Å². The van der Waals surface area contributed by atoms with Crippen LogP contribution in [-0.2, 0) is 4.74 Å². The largest absolute Gasteiger partial charge is 0.496 e. The highest BCUT2D eigenvalue weighted by molar-refractivity contribution is 5.92. The summed E-state index contributed by atoms with van der Waals surface area (Å²) in [6.07, 6.45) is 0. The number of hydrogen-bond donors (Lipinski definition) is 0. The highest BCUT2D eigenvalue weighted by atomic mass is 16.5. The molecule has 14 heavy (non-hydrogen) atoms. The summed E-state index contributed by atoms with van der Waals surface area (Å²) in [5, 5.41) is 0. The lowest BCUT2D eigenvalue weighted by molar-refractivity contribution is 0.0597. The van der Waals surface area contributed by atoms with Crippen molar-refractivity contribution in [1.82, 2.24) is 0 Å². The number of carbonyl (C=O) groups excluding carboxylic acids is 1. The molecule has 1 aromatic carbocycles. The minimum Gasteiger partial charge on any atom is -0.496 e. The number of methoxy groups -OCH3 is 3. The van der Waals surface area contributed by atoms with E-state index in [2.05, 4.69) is 10.8 Å². The summed E-state index contributed by atoms with van der Waals surface area (Å²) in [7, 11) is 4.30. The van der Waals surface area contributed by atoms with Crippen LogP contribution in [0, 0.1) is 6.07 Å². The number of rotatable bonds is 3. The molecular weight excluding hydrogens is 184 g/mol. The van der Waals surface area contributed by atoms with E-state index in [1.54, 1.807) is 6.07 Å². The quantitative estimate of drug-likeness (QED) is 0.682. The van der Waals surface area contributed by atoms with Crippen LogP contribution in [0.1, 0.15) is 10.4 Å². The molecule has 0 saturated carbocycles. The molecule has 75 valence electrons. The van der Waals surface area contributed by atoms with E-state index in [1.165, 1.54) is 27.4 Å². The maximum Gasteiger partial charge on any atom is 0.341 e. The van der Waals surface area contributed by atoms with E-state index in [9.17, 15) is 4.79 Å². The Kier molecular flexibility index (Phi) is 3.34. The van der Waals surface area contributed by atoms with Crippen LogP contribution in [0.2, 0.25) is 0 Å². The van der Waals surface area contributed by atoms with Gasteiger partial charge in [0.15, 0.2) is 0 Å². The number of benzene rings is 1. The summed E-state index contributed by atoms with van der Waals surface area (Å²) >= 11 is 0. The highest BCUT2D eigenvalue weighted by Crippen LogP contribution is 2.24. The Morgan fingerprint density at radius 3 is 2.50 bits per heavy atom.